The van der Waals surface area contributed by atoms with Crippen LogP contribution in [-0.2, 0) is 11.3 Å². The molecule has 1 aromatic carbocycles. The van der Waals surface area contributed by atoms with Crippen molar-refractivity contribution in [2.75, 3.05) is 39.4 Å². The van der Waals surface area contributed by atoms with Gasteiger partial charge in [-0.05, 0) is 38.8 Å². The molecule has 6 nitrogen and oxygen atoms in total. The average molecular weight is 356 g/mol. The second-order valence-electron chi connectivity index (χ2n) is 7.38. The van der Waals surface area contributed by atoms with Crippen LogP contribution in [0.5, 0.6) is 0 Å². The van der Waals surface area contributed by atoms with Gasteiger partial charge in [-0.1, -0.05) is 35.5 Å². The fourth-order valence-corrected chi connectivity index (χ4v) is 4.09. The van der Waals surface area contributed by atoms with E-state index in [1.54, 1.807) is 0 Å². The lowest BCUT2D eigenvalue weighted by Gasteiger charge is -2.40. The molecule has 2 saturated heterocycles. The second-order valence-corrected chi connectivity index (χ2v) is 7.38. The molecule has 0 saturated carbocycles. The Balaban J connectivity index is 1.28. The summed E-state index contributed by atoms with van der Waals surface area (Å²) in [4.78, 5) is 9.59. The van der Waals surface area contributed by atoms with Crippen LogP contribution in [0.25, 0.3) is 11.4 Å². The lowest BCUT2D eigenvalue weighted by molar-refractivity contribution is -0.00238. The van der Waals surface area contributed by atoms with Gasteiger partial charge in [0.05, 0.1) is 19.8 Å². The summed E-state index contributed by atoms with van der Waals surface area (Å²) in [5, 5.41) is 4.13. The molecule has 140 valence electrons. The Labute approximate surface area is 155 Å². The highest BCUT2D eigenvalue weighted by Crippen LogP contribution is 2.25. The van der Waals surface area contributed by atoms with Crippen LogP contribution in [0.3, 0.4) is 0 Å². The monoisotopic (exact) mass is 356 g/mol. The molecule has 0 N–H and O–H groups in total. The molecule has 4 rings (SSSR count). The molecule has 2 aliphatic heterocycles. The number of likely N-dealkylation sites (tertiary alicyclic amines) is 1. The zero-order valence-electron chi connectivity index (χ0n) is 15.5. The van der Waals surface area contributed by atoms with Crippen LogP contribution < -0.4 is 0 Å². The van der Waals surface area contributed by atoms with Crippen LogP contribution in [0.4, 0.5) is 0 Å². The van der Waals surface area contributed by atoms with Crippen LogP contribution in [-0.4, -0.2) is 65.4 Å². The van der Waals surface area contributed by atoms with E-state index < -0.39 is 0 Å². The van der Waals surface area contributed by atoms with Crippen LogP contribution in [0.15, 0.2) is 34.9 Å². The fraction of sp³-hybridized carbons (Fsp3) is 0.600. The predicted molar refractivity (Wildman–Crippen MR) is 99.6 cm³/mol. The van der Waals surface area contributed by atoms with Crippen molar-refractivity contribution in [2.45, 2.75) is 32.4 Å². The maximum atomic E-state index is 5.48. The van der Waals surface area contributed by atoms with E-state index in [0.29, 0.717) is 17.8 Å². The summed E-state index contributed by atoms with van der Waals surface area (Å²) in [6.07, 6.45) is 2.47. The Bertz CT molecular complexity index is 676. The molecule has 2 fully saturated rings. The number of morpholine rings is 1. The van der Waals surface area contributed by atoms with Gasteiger partial charge in [-0.15, -0.1) is 0 Å². The van der Waals surface area contributed by atoms with Gasteiger partial charge in [-0.2, -0.15) is 4.98 Å². The summed E-state index contributed by atoms with van der Waals surface area (Å²) in [7, 11) is 0. The third kappa shape index (κ3) is 4.14. The topological polar surface area (TPSA) is 54.6 Å². The van der Waals surface area contributed by atoms with Crippen molar-refractivity contribution in [3.05, 3.63) is 36.2 Å². The van der Waals surface area contributed by atoms with Crippen LogP contribution in [0, 0.1) is 5.92 Å². The van der Waals surface area contributed by atoms with Crippen molar-refractivity contribution in [3.8, 4) is 11.4 Å². The smallest absolute Gasteiger partial charge is 0.241 e. The van der Waals surface area contributed by atoms with Gasteiger partial charge >= 0.3 is 0 Å². The first-order valence-corrected chi connectivity index (χ1v) is 9.72. The SMILES string of the molecule is CC(C1CCN(Cc2nc(-c3ccccc3)no2)CC1)N1CCOCC1. The average Bonchev–Trinajstić information content (AvgIpc) is 3.18. The van der Waals surface area contributed by atoms with E-state index in [1.165, 1.54) is 12.8 Å². The molecule has 26 heavy (non-hydrogen) atoms. The first kappa shape index (κ1) is 17.6. The molecule has 0 aliphatic carbocycles. The molecule has 1 unspecified atom stereocenters. The van der Waals surface area contributed by atoms with Crippen molar-refractivity contribution in [2.24, 2.45) is 5.92 Å². The van der Waals surface area contributed by atoms with E-state index in [-0.39, 0.29) is 0 Å². The standard InChI is InChI=1S/C20H28N4O2/c1-16(24-11-13-25-14-12-24)17-7-9-23(10-8-17)15-19-21-20(22-26-19)18-5-3-2-4-6-18/h2-6,16-17H,7-15H2,1H3. The van der Waals surface area contributed by atoms with E-state index in [2.05, 4.69) is 26.9 Å². The molecular formula is C20H28N4O2. The first-order valence-electron chi connectivity index (χ1n) is 9.72. The number of piperidine rings is 1. The zero-order chi connectivity index (χ0) is 17.8. The minimum Gasteiger partial charge on any atom is -0.379 e. The van der Waals surface area contributed by atoms with Gasteiger partial charge in [0, 0.05) is 24.7 Å². The number of hydrogen-bond acceptors (Lipinski definition) is 6. The van der Waals surface area contributed by atoms with Crippen molar-refractivity contribution in [1.82, 2.24) is 19.9 Å². The maximum absolute atomic E-state index is 5.48. The number of nitrogens with zero attached hydrogens (tertiary/aromatic N) is 4. The molecule has 1 aromatic heterocycles. The molecule has 3 heterocycles. The molecule has 0 amide bonds. The molecule has 2 aromatic rings. The number of aromatic nitrogens is 2. The quantitative estimate of drug-likeness (QED) is 0.821. The Morgan fingerprint density at radius 2 is 1.81 bits per heavy atom. The van der Waals surface area contributed by atoms with Gasteiger partial charge in [-0.3, -0.25) is 9.80 Å². The van der Waals surface area contributed by atoms with Gasteiger partial charge in [0.15, 0.2) is 0 Å². The Kier molecular flexibility index (Phi) is 5.62. The maximum Gasteiger partial charge on any atom is 0.241 e. The highest BCUT2D eigenvalue weighted by atomic mass is 16.5. The van der Waals surface area contributed by atoms with Gasteiger partial charge in [0.2, 0.25) is 11.7 Å². The molecule has 2 aliphatic rings. The van der Waals surface area contributed by atoms with Gasteiger partial charge in [0.1, 0.15) is 0 Å². The summed E-state index contributed by atoms with van der Waals surface area (Å²) < 4.78 is 10.9. The summed E-state index contributed by atoms with van der Waals surface area (Å²) in [5.41, 5.74) is 1.00. The third-order valence-corrected chi connectivity index (χ3v) is 5.80. The minimum absolute atomic E-state index is 0.647. The largest absolute Gasteiger partial charge is 0.379 e. The number of rotatable bonds is 5. The van der Waals surface area contributed by atoms with Crippen molar-refractivity contribution < 1.29 is 9.26 Å². The lowest BCUT2D eigenvalue weighted by atomic mass is 9.89. The highest BCUT2D eigenvalue weighted by molar-refractivity contribution is 5.53. The van der Waals surface area contributed by atoms with Gasteiger partial charge in [0.25, 0.3) is 0 Å². The second kappa shape index (κ2) is 8.29. The number of hydrogen-bond donors (Lipinski definition) is 0. The number of benzene rings is 1. The summed E-state index contributed by atoms with van der Waals surface area (Å²) in [5.74, 6) is 2.16. The molecule has 6 heteroatoms. The fourth-order valence-electron chi connectivity index (χ4n) is 4.09. The lowest BCUT2D eigenvalue weighted by Crippen LogP contribution is -2.48. The van der Waals surface area contributed by atoms with E-state index in [0.717, 1.165) is 57.4 Å². The normalized spacial score (nSPS) is 21.7. The minimum atomic E-state index is 0.647. The Hall–Kier alpha value is -1.76. The summed E-state index contributed by atoms with van der Waals surface area (Å²) in [6.45, 7) is 9.24. The molecule has 0 spiro atoms. The Morgan fingerprint density at radius 3 is 2.54 bits per heavy atom. The van der Waals surface area contributed by atoms with E-state index in [1.807, 2.05) is 30.3 Å². The van der Waals surface area contributed by atoms with E-state index >= 15 is 0 Å². The zero-order valence-corrected chi connectivity index (χ0v) is 15.5. The van der Waals surface area contributed by atoms with Gasteiger partial charge < -0.3 is 9.26 Å². The first-order chi connectivity index (χ1) is 12.8. The van der Waals surface area contributed by atoms with Crippen LogP contribution >= 0.6 is 0 Å². The molecule has 1 atom stereocenters. The van der Waals surface area contributed by atoms with E-state index in [9.17, 15) is 0 Å². The predicted octanol–water partition coefficient (Wildman–Crippen LogP) is 2.67. The van der Waals surface area contributed by atoms with Gasteiger partial charge in [-0.25, -0.2) is 0 Å². The molecule has 0 bridgehead atoms. The Morgan fingerprint density at radius 1 is 1.08 bits per heavy atom. The van der Waals surface area contributed by atoms with Crippen molar-refractivity contribution in [1.29, 1.82) is 0 Å². The molecular weight excluding hydrogens is 328 g/mol. The number of ether oxygens (including phenoxy) is 1. The van der Waals surface area contributed by atoms with Crippen LogP contribution in [0.2, 0.25) is 0 Å². The summed E-state index contributed by atoms with van der Waals surface area (Å²) in [6, 6.07) is 10.6. The van der Waals surface area contributed by atoms with Crippen molar-refractivity contribution in [3.63, 3.8) is 0 Å². The summed E-state index contributed by atoms with van der Waals surface area (Å²) >= 11 is 0. The van der Waals surface area contributed by atoms with E-state index in [4.69, 9.17) is 9.26 Å². The van der Waals surface area contributed by atoms with Crippen LogP contribution in [0.1, 0.15) is 25.7 Å². The highest BCUT2D eigenvalue weighted by Gasteiger charge is 2.29. The van der Waals surface area contributed by atoms with Crippen molar-refractivity contribution >= 4 is 0 Å². The molecule has 0 radical (unpaired) electrons. The third-order valence-electron chi connectivity index (χ3n) is 5.80.